The van der Waals surface area contributed by atoms with E-state index in [0.29, 0.717) is 53.0 Å². The number of nitrogens with one attached hydrogen (secondary N) is 2. The monoisotopic (exact) mass is 546 g/mol. The second kappa shape index (κ2) is 13.9. The van der Waals surface area contributed by atoms with Crippen LogP contribution in [-0.2, 0) is 17.7 Å². The van der Waals surface area contributed by atoms with E-state index in [4.69, 9.17) is 26.9 Å². The van der Waals surface area contributed by atoms with E-state index in [-0.39, 0.29) is 12.5 Å². The third-order valence-corrected chi connectivity index (χ3v) is 5.49. The molecule has 0 unspecified atom stereocenters. The Hall–Kier alpha value is -3.50. The van der Waals surface area contributed by atoms with Gasteiger partial charge in [0.1, 0.15) is 22.7 Å². The van der Waals surface area contributed by atoms with Crippen molar-refractivity contribution in [1.29, 1.82) is 0 Å². The molecule has 0 fully saturated rings. The Balaban J connectivity index is 0.00000247. The molecule has 0 aliphatic rings. The maximum atomic E-state index is 13.1. The minimum Gasteiger partial charge on any atom is -0.496 e. The molecule has 10 nitrogen and oxygen atoms in total. The number of benzene rings is 1. The van der Waals surface area contributed by atoms with E-state index in [1.54, 1.807) is 56.7 Å². The minimum absolute atomic E-state index is 0.240. The van der Waals surface area contributed by atoms with Gasteiger partial charge < -0.3 is 25.1 Å². The van der Waals surface area contributed by atoms with Crippen molar-refractivity contribution in [3.8, 4) is 5.75 Å². The predicted octanol–water partition coefficient (Wildman–Crippen LogP) is 4.72. The number of aryl methyl sites for hydroxylation is 1. The number of nitrogens with two attached hydrogens (primary N) is 1. The van der Waals surface area contributed by atoms with E-state index in [0.717, 1.165) is 5.56 Å². The molecule has 3 aromatic rings. The van der Waals surface area contributed by atoms with Gasteiger partial charge in [0.2, 0.25) is 0 Å². The van der Waals surface area contributed by atoms with Gasteiger partial charge >= 0.3 is 6.09 Å². The molecule has 38 heavy (non-hydrogen) atoms. The van der Waals surface area contributed by atoms with Crippen LogP contribution >= 0.6 is 11.6 Å². The zero-order chi connectivity index (χ0) is 28.5. The van der Waals surface area contributed by atoms with E-state index in [2.05, 4.69) is 15.6 Å². The van der Waals surface area contributed by atoms with Crippen LogP contribution in [0.1, 0.15) is 63.3 Å². The Morgan fingerprint density at radius 2 is 1.87 bits per heavy atom. The zero-order valence-electron chi connectivity index (χ0n) is 23.2. The zero-order valence-corrected chi connectivity index (χ0v) is 24.0. The quantitative estimate of drug-likeness (QED) is 0.262. The number of anilines is 1. The Morgan fingerprint density at radius 3 is 2.50 bits per heavy atom. The molecule has 0 aliphatic heterocycles. The number of fused-ring (bicyclic) bond motifs is 1. The lowest BCUT2D eigenvalue weighted by molar-refractivity contribution is 0.0529. The van der Waals surface area contributed by atoms with Crippen molar-refractivity contribution in [2.75, 3.05) is 25.2 Å². The van der Waals surface area contributed by atoms with Gasteiger partial charge in [-0.2, -0.15) is 0 Å². The summed E-state index contributed by atoms with van der Waals surface area (Å²) in [5, 5.41) is 7.63. The summed E-state index contributed by atoms with van der Waals surface area (Å²) in [5.41, 5.74) is 2.71. The SMILES string of the molecule is CC.CCc1nc2ccc(Cl)cn2c1C(=O)NCc1ccc(N(N)CCNC(=O)OC(C)(C)C)cc1OC. The van der Waals surface area contributed by atoms with Gasteiger partial charge in [-0.15, -0.1) is 0 Å². The maximum absolute atomic E-state index is 13.1. The van der Waals surface area contributed by atoms with Gasteiger partial charge in [0.25, 0.3) is 5.91 Å². The molecular formula is C27H39ClN6O4. The van der Waals surface area contributed by atoms with E-state index < -0.39 is 11.7 Å². The number of carbonyl (C=O) groups is 2. The van der Waals surface area contributed by atoms with Gasteiger partial charge in [-0.25, -0.2) is 15.6 Å². The summed E-state index contributed by atoms with van der Waals surface area (Å²) in [7, 11) is 1.55. The van der Waals surface area contributed by atoms with Crippen LogP contribution < -0.4 is 26.2 Å². The number of halogens is 1. The van der Waals surface area contributed by atoms with Crippen LogP contribution in [0.25, 0.3) is 5.65 Å². The minimum atomic E-state index is -0.568. The number of nitrogens with zero attached hydrogens (tertiary/aromatic N) is 3. The van der Waals surface area contributed by atoms with Crippen LogP contribution in [0.4, 0.5) is 10.5 Å². The molecule has 2 aromatic heterocycles. The number of ether oxygens (including phenoxy) is 2. The fourth-order valence-electron chi connectivity index (χ4n) is 3.59. The Kier molecular flexibility index (Phi) is 11.2. The van der Waals surface area contributed by atoms with Crippen LogP contribution in [-0.4, -0.2) is 47.2 Å². The molecule has 0 bridgehead atoms. The molecule has 0 saturated heterocycles. The van der Waals surface area contributed by atoms with Gasteiger partial charge in [0.05, 0.1) is 30.1 Å². The molecule has 2 amide bonds. The van der Waals surface area contributed by atoms with Gasteiger partial charge in [-0.1, -0.05) is 38.4 Å². The smallest absolute Gasteiger partial charge is 0.407 e. The number of aromatic nitrogens is 2. The number of amides is 2. The first-order chi connectivity index (χ1) is 18.0. The standard InChI is InChI=1S/C25H33ClN6O4.C2H6/c1-6-19-22(31-15-17(26)8-10-21(31)30-19)23(33)29-14-16-7-9-18(13-20(16)35-5)32(27)12-11-28-24(34)36-25(2,3)4;1-2/h7-10,13,15H,6,11-12,14,27H2,1-5H3,(H,28,34)(H,29,33);1-2H3. The Bertz CT molecular complexity index is 1240. The highest BCUT2D eigenvalue weighted by Gasteiger charge is 2.19. The average molecular weight is 547 g/mol. The van der Waals surface area contributed by atoms with Crippen molar-refractivity contribution >= 4 is 34.9 Å². The van der Waals surface area contributed by atoms with E-state index in [1.165, 1.54) is 5.01 Å². The maximum Gasteiger partial charge on any atom is 0.407 e. The molecule has 0 radical (unpaired) electrons. The summed E-state index contributed by atoms with van der Waals surface area (Å²) in [6.45, 7) is 12.2. The number of alkyl carbamates (subject to hydrolysis) is 1. The molecular weight excluding hydrogens is 508 g/mol. The summed E-state index contributed by atoms with van der Waals surface area (Å²) in [6.07, 6.45) is 1.79. The molecule has 2 heterocycles. The van der Waals surface area contributed by atoms with Crippen molar-refractivity contribution in [2.45, 2.75) is 60.1 Å². The fraction of sp³-hybridized carbons (Fsp3) is 0.444. The molecule has 11 heteroatoms. The topological polar surface area (TPSA) is 123 Å². The molecule has 208 valence electrons. The number of hydrogen-bond acceptors (Lipinski definition) is 7. The van der Waals surface area contributed by atoms with Crippen LogP contribution in [0.2, 0.25) is 5.02 Å². The first-order valence-electron chi connectivity index (χ1n) is 12.6. The molecule has 0 atom stereocenters. The summed E-state index contributed by atoms with van der Waals surface area (Å²) >= 11 is 6.14. The van der Waals surface area contributed by atoms with Crippen molar-refractivity contribution in [3.05, 3.63) is 58.5 Å². The third kappa shape index (κ3) is 8.26. The Morgan fingerprint density at radius 1 is 1.16 bits per heavy atom. The number of hydrazine groups is 1. The summed E-state index contributed by atoms with van der Waals surface area (Å²) in [6, 6.07) is 8.96. The van der Waals surface area contributed by atoms with Crippen LogP contribution in [0.15, 0.2) is 36.5 Å². The number of carbonyl (C=O) groups excluding carboxylic acids is 2. The van der Waals surface area contributed by atoms with E-state index in [9.17, 15) is 9.59 Å². The number of pyridine rings is 1. The predicted molar refractivity (Wildman–Crippen MR) is 151 cm³/mol. The number of methoxy groups -OCH3 is 1. The molecule has 1 aromatic carbocycles. The average Bonchev–Trinajstić information content (AvgIpc) is 3.25. The second-order valence-electron chi connectivity index (χ2n) is 9.14. The first kappa shape index (κ1) is 30.7. The lowest BCUT2D eigenvalue weighted by atomic mass is 10.1. The molecule has 4 N–H and O–H groups in total. The van der Waals surface area contributed by atoms with Crippen molar-refractivity contribution in [1.82, 2.24) is 20.0 Å². The summed E-state index contributed by atoms with van der Waals surface area (Å²) < 4.78 is 12.5. The summed E-state index contributed by atoms with van der Waals surface area (Å²) in [4.78, 5) is 29.4. The lowest BCUT2D eigenvalue weighted by Gasteiger charge is -2.22. The molecule has 3 rings (SSSR count). The van der Waals surface area contributed by atoms with Crippen molar-refractivity contribution < 1.29 is 19.1 Å². The van der Waals surface area contributed by atoms with E-state index >= 15 is 0 Å². The van der Waals surface area contributed by atoms with Crippen LogP contribution in [0.3, 0.4) is 0 Å². The normalized spacial score (nSPS) is 10.9. The number of imidazole rings is 1. The van der Waals surface area contributed by atoms with Gasteiger partial charge in [0, 0.05) is 30.9 Å². The Labute approximate surface area is 229 Å². The first-order valence-corrected chi connectivity index (χ1v) is 13.0. The van der Waals surface area contributed by atoms with Crippen molar-refractivity contribution in [2.24, 2.45) is 5.84 Å². The molecule has 0 saturated carbocycles. The highest BCUT2D eigenvalue weighted by atomic mass is 35.5. The van der Waals surface area contributed by atoms with Gasteiger partial charge in [0.15, 0.2) is 0 Å². The second-order valence-corrected chi connectivity index (χ2v) is 9.57. The molecule has 0 aliphatic carbocycles. The van der Waals surface area contributed by atoms with Crippen LogP contribution in [0.5, 0.6) is 5.75 Å². The number of hydrogen-bond donors (Lipinski definition) is 3. The van der Waals surface area contributed by atoms with Crippen molar-refractivity contribution in [3.63, 3.8) is 0 Å². The van der Waals surface area contributed by atoms with Crippen LogP contribution in [0, 0.1) is 0 Å². The van der Waals surface area contributed by atoms with E-state index in [1.807, 2.05) is 32.9 Å². The lowest BCUT2D eigenvalue weighted by Crippen LogP contribution is -2.40. The highest BCUT2D eigenvalue weighted by Crippen LogP contribution is 2.25. The summed E-state index contributed by atoms with van der Waals surface area (Å²) in [5.74, 6) is 6.47. The molecule has 0 spiro atoms. The van der Waals surface area contributed by atoms with Gasteiger partial charge in [-0.3, -0.25) is 9.20 Å². The third-order valence-electron chi connectivity index (χ3n) is 5.27. The fourth-order valence-corrected chi connectivity index (χ4v) is 3.75. The largest absolute Gasteiger partial charge is 0.496 e. The number of rotatable bonds is 9. The van der Waals surface area contributed by atoms with Gasteiger partial charge in [-0.05, 0) is 45.4 Å². The highest BCUT2D eigenvalue weighted by molar-refractivity contribution is 6.30.